The first-order valence-corrected chi connectivity index (χ1v) is 17.1. The molecule has 1 atom stereocenters. The average Bonchev–Trinajstić information content (AvgIpc) is 3.51. The Morgan fingerprint density at radius 3 is 2.37 bits per heavy atom. The number of fused-ring (bicyclic) bond motifs is 2. The zero-order valence-electron chi connectivity index (χ0n) is 26.7. The lowest BCUT2D eigenvalue weighted by molar-refractivity contribution is -0.133. The standard InChI is InChI=1S/C38H34Cl2N4O5/c39-28-20-29-33(45)22-34(49-36(29)30(40)21-28)37(47)41-31(19-24-11-12-25-6-1-2-7-26(25)18-24)38(48)43-16-14-42(15-17-43)32-9-4-3-8-27(32)23-44-13-5-10-35(44)46/h1-4,6-9,11-12,18,20-22,31H,5,10,13-17,19,23H2,(H,41,47)/t31-/m1/s1. The molecule has 3 heterocycles. The molecule has 1 N–H and O–H groups in total. The molecule has 0 spiro atoms. The van der Waals surface area contributed by atoms with Crippen LogP contribution >= 0.6 is 23.2 Å². The van der Waals surface area contributed by atoms with E-state index in [1.807, 2.05) is 59.5 Å². The molecule has 0 aliphatic carbocycles. The van der Waals surface area contributed by atoms with Crippen molar-refractivity contribution in [2.45, 2.75) is 31.8 Å². The van der Waals surface area contributed by atoms with Crippen molar-refractivity contribution >= 4 is 68.4 Å². The van der Waals surface area contributed by atoms with Crippen LogP contribution in [0.4, 0.5) is 5.69 Å². The molecule has 7 rings (SSSR count). The van der Waals surface area contributed by atoms with Gasteiger partial charge in [-0.2, -0.15) is 0 Å². The summed E-state index contributed by atoms with van der Waals surface area (Å²) in [4.78, 5) is 59.0. The number of hydrogen-bond donors (Lipinski definition) is 1. The largest absolute Gasteiger partial charge is 0.449 e. The summed E-state index contributed by atoms with van der Waals surface area (Å²) in [6.45, 7) is 3.41. The Labute approximate surface area is 293 Å². The third-order valence-corrected chi connectivity index (χ3v) is 9.78. The van der Waals surface area contributed by atoms with Gasteiger partial charge in [-0.3, -0.25) is 19.2 Å². The van der Waals surface area contributed by atoms with Crippen molar-refractivity contribution in [3.8, 4) is 0 Å². The molecule has 49 heavy (non-hydrogen) atoms. The Kier molecular flexibility index (Phi) is 9.29. The van der Waals surface area contributed by atoms with Crippen LogP contribution in [0.15, 0.2) is 94.1 Å². The maximum absolute atomic E-state index is 14.2. The highest BCUT2D eigenvalue weighted by atomic mass is 35.5. The molecule has 2 saturated heterocycles. The zero-order chi connectivity index (χ0) is 34.1. The van der Waals surface area contributed by atoms with Crippen LogP contribution in [0.3, 0.4) is 0 Å². The maximum Gasteiger partial charge on any atom is 0.287 e. The first-order chi connectivity index (χ1) is 23.7. The number of benzene rings is 4. The van der Waals surface area contributed by atoms with Gasteiger partial charge in [-0.1, -0.05) is 83.9 Å². The van der Waals surface area contributed by atoms with Crippen molar-refractivity contribution in [3.05, 3.63) is 122 Å². The Morgan fingerprint density at radius 1 is 0.837 bits per heavy atom. The molecule has 9 nitrogen and oxygen atoms in total. The van der Waals surface area contributed by atoms with Gasteiger partial charge >= 0.3 is 0 Å². The summed E-state index contributed by atoms with van der Waals surface area (Å²) in [5, 5.41) is 5.48. The van der Waals surface area contributed by atoms with Crippen molar-refractivity contribution in [3.63, 3.8) is 0 Å². The molecule has 0 bridgehead atoms. The van der Waals surface area contributed by atoms with Gasteiger partial charge in [-0.15, -0.1) is 0 Å². The van der Waals surface area contributed by atoms with Crippen molar-refractivity contribution in [2.75, 3.05) is 37.6 Å². The number of rotatable bonds is 8. The number of nitrogens with zero attached hydrogens (tertiary/aromatic N) is 3. The summed E-state index contributed by atoms with van der Waals surface area (Å²) in [5.74, 6) is -1.01. The van der Waals surface area contributed by atoms with E-state index < -0.39 is 17.4 Å². The second-order valence-electron chi connectivity index (χ2n) is 12.5. The first-order valence-electron chi connectivity index (χ1n) is 16.3. The lowest BCUT2D eigenvalue weighted by Gasteiger charge is -2.38. The third-order valence-electron chi connectivity index (χ3n) is 9.29. The number of carbonyl (C=O) groups is 3. The van der Waals surface area contributed by atoms with E-state index in [1.54, 1.807) is 4.90 Å². The van der Waals surface area contributed by atoms with Gasteiger partial charge in [0.05, 0.1) is 10.4 Å². The Hall–Kier alpha value is -4.86. The summed E-state index contributed by atoms with van der Waals surface area (Å²) < 4.78 is 5.79. The predicted octanol–water partition coefficient (Wildman–Crippen LogP) is 6.07. The van der Waals surface area contributed by atoms with Crippen molar-refractivity contribution in [1.29, 1.82) is 0 Å². The molecule has 2 fully saturated rings. The molecule has 3 amide bonds. The Morgan fingerprint density at radius 2 is 1.59 bits per heavy atom. The van der Waals surface area contributed by atoms with Gasteiger partial charge in [-0.05, 0) is 46.5 Å². The van der Waals surface area contributed by atoms with Crippen LogP contribution < -0.4 is 15.6 Å². The molecule has 0 saturated carbocycles. The molecule has 250 valence electrons. The summed E-state index contributed by atoms with van der Waals surface area (Å²) in [6.07, 6.45) is 1.71. The highest BCUT2D eigenvalue weighted by molar-refractivity contribution is 6.38. The van der Waals surface area contributed by atoms with Crippen LogP contribution in [0.2, 0.25) is 10.0 Å². The number of nitrogens with one attached hydrogen (secondary N) is 1. The predicted molar refractivity (Wildman–Crippen MR) is 191 cm³/mol. The molecule has 0 unspecified atom stereocenters. The van der Waals surface area contributed by atoms with Gasteiger partial charge in [0.15, 0.2) is 16.8 Å². The smallest absolute Gasteiger partial charge is 0.287 e. The fraction of sp³-hybridized carbons (Fsp3) is 0.263. The van der Waals surface area contributed by atoms with E-state index in [-0.39, 0.29) is 45.0 Å². The molecule has 11 heteroatoms. The maximum atomic E-state index is 14.2. The molecule has 0 radical (unpaired) electrons. The van der Waals surface area contributed by atoms with Crippen LogP contribution in [-0.4, -0.2) is 66.3 Å². The number of amides is 3. The zero-order valence-corrected chi connectivity index (χ0v) is 28.2. The summed E-state index contributed by atoms with van der Waals surface area (Å²) >= 11 is 12.4. The minimum absolute atomic E-state index is 0.0478. The normalized spacial score (nSPS) is 15.6. The number of carbonyl (C=O) groups excluding carboxylic acids is 3. The molecular weight excluding hydrogens is 663 g/mol. The van der Waals surface area contributed by atoms with Crippen LogP contribution in [-0.2, 0) is 22.6 Å². The van der Waals surface area contributed by atoms with Gasteiger partial charge in [0, 0.05) is 68.9 Å². The topological polar surface area (TPSA) is 103 Å². The number of likely N-dealkylation sites (tertiary alicyclic amines) is 1. The number of halogens is 2. The van der Waals surface area contributed by atoms with E-state index in [0.717, 1.165) is 46.6 Å². The molecule has 2 aliphatic rings. The third kappa shape index (κ3) is 7.00. The fourth-order valence-electron chi connectivity index (χ4n) is 6.74. The van der Waals surface area contributed by atoms with Gasteiger partial charge < -0.3 is 24.4 Å². The second-order valence-corrected chi connectivity index (χ2v) is 13.4. The molecule has 5 aromatic rings. The van der Waals surface area contributed by atoms with Crippen molar-refractivity contribution in [1.82, 2.24) is 15.1 Å². The first kappa shape index (κ1) is 32.7. The highest BCUT2D eigenvalue weighted by Crippen LogP contribution is 2.28. The average molecular weight is 698 g/mol. The van der Waals surface area contributed by atoms with E-state index in [1.165, 1.54) is 12.1 Å². The summed E-state index contributed by atoms with van der Waals surface area (Å²) in [6, 6.07) is 25.0. The number of para-hydroxylation sites is 1. The van der Waals surface area contributed by atoms with Crippen LogP contribution in [0.5, 0.6) is 0 Å². The highest BCUT2D eigenvalue weighted by Gasteiger charge is 2.31. The lowest BCUT2D eigenvalue weighted by atomic mass is 10.0. The molecular formula is C38H34Cl2N4O5. The minimum atomic E-state index is -0.935. The summed E-state index contributed by atoms with van der Waals surface area (Å²) in [5.41, 5.74) is 2.59. The molecule has 1 aromatic heterocycles. The van der Waals surface area contributed by atoms with Crippen molar-refractivity contribution in [2.24, 2.45) is 0 Å². The van der Waals surface area contributed by atoms with E-state index in [2.05, 4.69) is 22.3 Å². The Bertz CT molecular complexity index is 2140. The monoisotopic (exact) mass is 696 g/mol. The molecule has 4 aromatic carbocycles. The van der Waals surface area contributed by atoms with Crippen LogP contribution in [0, 0.1) is 0 Å². The van der Waals surface area contributed by atoms with Gasteiger partial charge in [-0.25, -0.2) is 0 Å². The van der Waals surface area contributed by atoms with Crippen LogP contribution in [0.25, 0.3) is 21.7 Å². The number of anilines is 1. The van der Waals surface area contributed by atoms with E-state index in [0.29, 0.717) is 39.1 Å². The quantitative estimate of drug-likeness (QED) is 0.212. The van der Waals surface area contributed by atoms with Crippen molar-refractivity contribution < 1.29 is 18.8 Å². The SMILES string of the molecule is O=C(N[C@H](Cc1ccc2ccccc2c1)C(=O)N1CCN(c2ccccc2CN2CCCC2=O)CC1)c1cc(=O)c2cc(Cl)cc(Cl)c2o1. The van der Waals surface area contributed by atoms with Gasteiger partial charge in [0.1, 0.15) is 6.04 Å². The number of hydrogen-bond acceptors (Lipinski definition) is 6. The van der Waals surface area contributed by atoms with E-state index in [9.17, 15) is 19.2 Å². The lowest BCUT2D eigenvalue weighted by Crippen LogP contribution is -2.55. The fourth-order valence-corrected chi connectivity index (χ4v) is 7.28. The Balaban J connectivity index is 1.12. The minimum Gasteiger partial charge on any atom is -0.449 e. The van der Waals surface area contributed by atoms with E-state index in [4.69, 9.17) is 27.6 Å². The number of piperazine rings is 1. The van der Waals surface area contributed by atoms with Gasteiger partial charge in [0.25, 0.3) is 5.91 Å². The second kappa shape index (κ2) is 13.9. The molecule has 2 aliphatic heterocycles. The van der Waals surface area contributed by atoms with E-state index >= 15 is 0 Å². The van der Waals surface area contributed by atoms with Crippen LogP contribution in [0.1, 0.15) is 34.5 Å². The van der Waals surface area contributed by atoms with Gasteiger partial charge in [0.2, 0.25) is 11.8 Å². The summed E-state index contributed by atoms with van der Waals surface area (Å²) in [7, 11) is 0.